The summed E-state index contributed by atoms with van der Waals surface area (Å²) >= 11 is 0. The van der Waals surface area contributed by atoms with Crippen LogP contribution in [0.15, 0.2) is 30.5 Å². The lowest BCUT2D eigenvalue weighted by Gasteiger charge is -2.12. The van der Waals surface area contributed by atoms with E-state index in [1.807, 2.05) is 37.6 Å². The molecule has 0 radical (unpaired) electrons. The SMILES string of the molecule is CCn1nc(C)c(NC(=O)Nc2ccc(OC)c3ncccc23)c1C. The Morgan fingerprint density at radius 1 is 1.24 bits per heavy atom. The summed E-state index contributed by atoms with van der Waals surface area (Å²) < 4.78 is 7.19. The minimum Gasteiger partial charge on any atom is -0.494 e. The van der Waals surface area contributed by atoms with Crippen molar-refractivity contribution in [2.24, 2.45) is 0 Å². The maximum absolute atomic E-state index is 12.5. The molecular weight excluding hydrogens is 318 g/mol. The number of aromatic nitrogens is 3. The molecule has 2 heterocycles. The summed E-state index contributed by atoms with van der Waals surface area (Å²) in [7, 11) is 1.60. The smallest absolute Gasteiger partial charge is 0.323 e. The second-order valence-electron chi connectivity index (χ2n) is 5.66. The predicted octanol–water partition coefficient (Wildman–Crippen LogP) is 3.72. The maximum atomic E-state index is 12.5. The topological polar surface area (TPSA) is 81.1 Å². The van der Waals surface area contributed by atoms with E-state index in [0.29, 0.717) is 17.0 Å². The zero-order chi connectivity index (χ0) is 18.0. The van der Waals surface area contributed by atoms with Crippen LogP contribution in [0.2, 0.25) is 0 Å². The molecule has 0 unspecified atom stereocenters. The standard InChI is InChI=1S/C18H21N5O2/c1-5-23-12(3)16(11(2)22-23)21-18(24)20-14-8-9-15(25-4)17-13(14)7-6-10-19-17/h6-10H,5H2,1-4H3,(H2,20,21,24). The maximum Gasteiger partial charge on any atom is 0.323 e. The fraction of sp³-hybridized carbons (Fsp3) is 0.278. The Kier molecular flexibility index (Phi) is 4.56. The lowest BCUT2D eigenvalue weighted by atomic mass is 10.1. The molecule has 0 aliphatic heterocycles. The van der Waals surface area contributed by atoms with E-state index < -0.39 is 0 Å². The van der Waals surface area contributed by atoms with Crippen molar-refractivity contribution >= 4 is 28.3 Å². The molecule has 2 aromatic heterocycles. The van der Waals surface area contributed by atoms with Crippen molar-refractivity contribution < 1.29 is 9.53 Å². The number of hydrogen-bond donors (Lipinski definition) is 2. The van der Waals surface area contributed by atoms with E-state index in [4.69, 9.17) is 4.74 Å². The molecule has 3 aromatic rings. The number of hydrogen-bond acceptors (Lipinski definition) is 4. The quantitative estimate of drug-likeness (QED) is 0.759. The highest BCUT2D eigenvalue weighted by Gasteiger charge is 2.15. The summed E-state index contributed by atoms with van der Waals surface area (Å²) in [6.45, 7) is 6.58. The van der Waals surface area contributed by atoms with E-state index in [0.717, 1.165) is 29.0 Å². The summed E-state index contributed by atoms with van der Waals surface area (Å²) in [5.41, 5.74) is 3.82. The van der Waals surface area contributed by atoms with E-state index in [1.54, 1.807) is 25.4 Å². The van der Waals surface area contributed by atoms with Crippen molar-refractivity contribution in [1.82, 2.24) is 14.8 Å². The third-order valence-electron chi connectivity index (χ3n) is 4.12. The van der Waals surface area contributed by atoms with Gasteiger partial charge in [-0.2, -0.15) is 5.10 Å². The van der Waals surface area contributed by atoms with Crippen LogP contribution in [0.25, 0.3) is 10.9 Å². The van der Waals surface area contributed by atoms with Gasteiger partial charge in [0, 0.05) is 18.1 Å². The van der Waals surface area contributed by atoms with Gasteiger partial charge in [-0.05, 0) is 45.0 Å². The van der Waals surface area contributed by atoms with Gasteiger partial charge in [-0.15, -0.1) is 0 Å². The normalized spacial score (nSPS) is 10.7. The van der Waals surface area contributed by atoms with Crippen molar-refractivity contribution in [3.63, 3.8) is 0 Å². The molecular formula is C18H21N5O2. The van der Waals surface area contributed by atoms with E-state index in [-0.39, 0.29) is 6.03 Å². The van der Waals surface area contributed by atoms with Crippen LogP contribution in [-0.4, -0.2) is 27.9 Å². The van der Waals surface area contributed by atoms with Gasteiger partial charge in [0.1, 0.15) is 11.3 Å². The molecule has 0 spiro atoms. The van der Waals surface area contributed by atoms with Crippen molar-refractivity contribution in [3.8, 4) is 5.75 Å². The summed E-state index contributed by atoms with van der Waals surface area (Å²) in [4.78, 5) is 16.8. The number of carbonyl (C=O) groups excluding carboxylic acids is 1. The van der Waals surface area contributed by atoms with Crippen LogP contribution in [0.5, 0.6) is 5.75 Å². The molecule has 0 saturated heterocycles. The molecule has 1 aromatic carbocycles. The number of urea groups is 1. The van der Waals surface area contributed by atoms with Crippen molar-refractivity contribution in [2.75, 3.05) is 17.7 Å². The Morgan fingerprint density at radius 2 is 2.04 bits per heavy atom. The van der Waals surface area contributed by atoms with Crippen LogP contribution < -0.4 is 15.4 Å². The summed E-state index contributed by atoms with van der Waals surface area (Å²) in [5.74, 6) is 0.664. The molecule has 0 bridgehead atoms. The van der Waals surface area contributed by atoms with Crippen LogP contribution in [0, 0.1) is 13.8 Å². The third-order valence-corrected chi connectivity index (χ3v) is 4.12. The summed E-state index contributed by atoms with van der Waals surface area (Å²) in [5, 5.41) is 11.0. The molecule has 0 aliphatic carbocycles. The van der Waals surface area contributed by atoms with Crippen LogP contribution in [0.1, 0.15) is 18.3 Å². The van der Waals surface area contributed by atoms with Gasteiger partial charge < -0.3 is 15.4 Å². The van der Waals surface area contributed by atoms with E-state index in [9.17, 15) is 4.79 Å². The molecule has 0 fully saturated rings. The number of nitrogens with zero attached hydrogens (tertiary/aromatic N) is 3. The number of rotatable bonds is 4. The fourth-order valence-corrected chi connectivity index (χ4v) is 2.87. The lowest BCUT2D eigenvalue weighted by Crippen LogP contribution is -2.20. The van der Waals surface area contributed by atoms with Gasteiger partial charge in [-0.25, -0.2) is 4.79 Å². The first-order valence-electron chi connectivity index (χ1n) is 8.08. The molecule has 2 amide bonds. The van der Waals surface area contributed by atoms with E-state index in [1.165, 1.54) is 0 Å². The number of methoxy groups -OCH3 is 1. The Bertz CT molecular complexity index is 933. The highest BCUT2D eigenvalue weighted by Crippen LogP contribution is 2.30. The molecule has 0 aliphatic rings. The largest absolute Gasteiger partial charge is 0.494 e. The average molecular weight is 339 g/mol. The van der Waals surface area contributed by atoms with Gasteiger partial charge >= 0.3 is 6.03 Å². The molecule has 130 valence electrons. The number of benzene rings is 1. The third kappa shape index (κ3) is 3.13. The minimum atomic E-state index is -0.322. The first-order chi connectivity index (χ1) is 12.0. The van der Waals surface area contributed by atoms with Gasteiger partial charge in [-0.3, -0.25) is 9.67 Å². The monoisotopic (exact) mass is 339 g/mol. The van der Waals surface area contributed by atoms with Crippen LogP contribution >= 0.6 is 0 Å². The zero-order valence-corrected chi connectivity index (χ0v) is 14.8. The Morgan fingerprint density at radius 3 is 2.72 bits per heavy atom. The highest BCUT2D eigenvalue weighted by atomic mass is 16.5. The van der Waals surface area contributed by atoms with Crippen LogP contribution in [-0.2, 0) is 6.54 Å². The zero-order valence-electron chi connectivity index (χ0n) is 14.8. The highest BCUT2D eigenvalue weighted by molar-refractivity contribution is 6.06. The Labute approximate surface area is 146 Å². The van der Waals surface area contributed by atoms with Gasteiger partial charge in [0.15, 0.2) is 0 Å². The first-order valence-corrected chi connectivity index (χ1v) is 8.08. The van der Waals surface area contributed by atoms with Gasteiger partial charge in [-0.1, -0.05) is 0 Å². The number of nitrogens with one attached hydrogen (secondary N) is 2. The molecule has 0 saturated carbocycles. The summed E-state index contributed by atoms with van der Waals surface area (Å²) in [6.07, 6.45) is 1.70. The minimum absolute atomic E-state index is 0.322. The summed E-state index contributed by atoms with van der Waals surface area (Å²) in [6, 6.07) is 6.99. The fourth-order valence-electron chi connectivity index (χ4n) is 2.87. The van der Waals surface area contributed by atoms with Crippen molar-refractivity contribution in [3.05, 3.63) is 41.9 Å². The number of anilines is 2. The second-order valence-corrected chi connectivity index (χ2v) is 5.66. The first kappa shape index (κ1) is 16.8. The molecule has 7 heteroatoms. The number of pyridine rings is 1. The Balaban J connectivity index is 1.87. The molecule has 3 rings (SSSR count). The van der Waals surface area contributed by atoms with Gasteiger partial charge in [0.25, 0.3) is 0 Å². The number of amides is 2. The van der Waals surface area contributed by atoms with Crippen LogP contribution in [0.3, 0.4) is 0 Å². The lowest BCUT2D eigenvalue weighted by molar-refractivity contribution is 0.262. The second kappa shape index (κ2) is 6.80. The van der Waals surface area contributed by atoms with Gasteiger partial charge in [0.2, 0.25) is 0 Å². The molecule has 25 heavy (non-hydrogen) atoms. The van der Waals surface area contributed by atoms with E-state index in [2.05, 4.69) is 20.7 Å². The molecule has 2 N–H and O–H groups in total. The number of fused-ring (bicyclic) bond motifs is 1. The average Bonchev–Trinajstić information content (AvgIpc) is 2.89. The van der Waals surface area contributed by atoms with E-state index >= 15 is 0 Å². The van der Waals surface area contributed by atoms with Crippen molar-refractivity contribution in [1.29, 1.82) is 0 Å². The predicted molar refractivity (Wildman–Crippen MR) is 98.3 cm³/mol. The van der Waals surface area contributed by atoms with Gasteiger partial charge in [0.05, 0.1) is 29.9 Å². The number of carbonyl (C=O) groups is 1. The van der Waals surface area contributed by atoms with Crippen molar-refractivity contribution in [2.45, 2.75) is 27.3 Å². The number of ether oxygens (including phenoxy) is 1. The molecule has 7 nitrogen and oxygen atoms in total. The molecule has 0 atom stereocenters. The Hall–Kier alpha value is -3.09. The van der Waals surface area contributed by atoms with Crippen LogP contribution in [0.4, 0.5) is 16.2 Å². The number of aryl methyl sites for hydroxylation is 2.